The molecule has 0 bridgehead atoms. The molecule has 2 aromatic heterocycles. The molecule has 3 rings (SSSR count). The lowest BCUT2D eigenvalue weighted by Crippen LogP contribution is -2.32. The molecule has 0 spiro atoms. The van der Waals surface area contributed by atoms with E-state index in [1.807, 2.05) is 31.2 Å². The molecule has 0 aliphatic heterocycles. The number of fused-ring (bicyclic) bond motifs is 1. The van der Waals surface area contributed by atoms with Crippen molar-refractivity contribution >= 4 is 33.5 Å². The van der Waals surface area contributed by atoms with Gasteiger partial charge < -0.3 is 10.2 Å². The van der Waals surface area contributed by atoms with E-state index in [-0.39, 0.29) is 22.5 Å². The lowest BCUT2D eigenvalue weighted by molar-refractivity contribution is -0.141. The Morgan fingerprint density at radius 1 is 1.14 bits per heavy atom. The Balaban J connectivity index is 2.06. The van der Waals surface area contributed by atoms with Crippen LogP contribution in [0, 0.1) is 20.8 Å². The molecule has 0 aliphatic carbocycles. The molecule has 8 heteroatoms. The molecule has 0 aliphatic rings. The van der Waals surface area contributed by atoms with Crippen LogP contribution >= 0.6 is 11.3 Å². The number of hydrogen-bond acceptors (Lipinski definition) is 5. The van der Waals surface area contributed by atoms with Crippen molar-refractivity contribution in [1.29, 1.82) is 0 Å². The lowest BCUT2D eigenvalue weighted by Gasteiger charge is -2.18. The third-order valence-electron chi connectivity index (χ3n) is 4.79. The fourth-order valence-electron chi connectivity index (χ4n) is 3.29. The van der Waals surface area contributed by atoms with Crippen LogP contribution in [0.4, 0.5) is 0 Å². The lowest BCUT2D eigenvalue weighted by atomic mass is 10.0. The summed E-state index contributed by atoms with van der Waals surface area (Å²) in [6, 6.07) is 6.70. The molecule has 7 nitrogen and oxygen atoms in total. The third-order valence-corrected chi connectivity index (χ3v) is 5.96. The minimum absolute atomic E-state index is 0.0447. The highest BCUT2D eigenvalue weighted by atomic mass is 32.1. The van der Waals surface area contributed by atoms with Crippen LogP contribution in [-0.2, 0) is 11.2 Å². The highest BCUT2D eigenvalue weighted by molar-refractivity contribution is 7.20. The first-order valence-electron chi connectivity index (χ1n) is 8.74. The number of carboxylic acid groups (broad SMARTS) is 2. The van der Waals surface area contributed by atoms with Gasteiger partial charge in [-0.1, -0.05) is 29.8 Å². The topological polar surface area (TPSA) is 109 Å². The van der Waals surface area contributed by atoms with E-state index >= 15 is 0 Å². The maximum atomic E-state index is 13.1. The van der Waals surface area contributed by atoms with Gasteiger partial charge in [0.05, 0.1) is 5.39 Å². The quantitative estimate of drug-likeness (QED) is 0.657. The van der Waals surface area contributed by atoms with E-state index in [2.05, 4.69) is 4.98 Å². The van der Waals surface area contributed by atoms with Crippen molar-refractivity contribution in [3.8, 4) is 0 Å². The van der Waals surface area contributed by atoms with E-state index < -0.39 is 23.5 Å². The summed E-state index contributed by atoms with van der Waals surface area (Å²) in [6.07, 6.45) is 0.714. The summed E-state index contributed by atoms with van der Waals surface area (Å²) in [5.74, 6) is -1.99. The van der Waals surface area contributed by atoms with Crippen molar-refractivity contribution in [3.63, 3.8) is 0 Å². The fraction of sp³-hybridized carbons (Fsp3) is 0.300. The molecular formula is C20H20N2O5S. The normalized spacial score (nSPS) is 12.2. The predicted molar refractivity (Wildman–Crippen MR) is 106 cm³/mol. The van der Waals surface area contributed by atoms with Crippen LogP contribution in [0.5, 0.6) is 0 Å². The maximum Gasteiger partial charge on any atom is 0.346 e. The van der Waals surface area contributed by atoms with E-state index in [1.54, 1.807) is 13.8 Å². The second-order valence-corrected chi connectivity index (χ2v) is 7.75. The molecule has 0 radical (unpaired) electrons. The zero-order chi connectivity index (χ0) is 20.6. The van der Waals surface area contributed by atoms with Crippen LogP contribution in [0.3, 0.4) is 0 Å². The van der Waals surface area contributed by atoms with Crippen LogP contribution in [-0.4, -0.2) is 31.7 Å². The molecular weight excluding hydrogens is 380 g/mol. The van der Waals surface area contributed by atoms with Gasteiger partial charge in [-0.05, 0) is 44.7 Å². The SMILES string of the molecule is Cc1ccc(CCC(C(=O)O)n2c(C)nc3sc(C(=O)O)c(C)c3c2=O)cc1. The molecule has 3 aromatic rings. The van der Waals surface area contributed by atoms with Crippen molar-refractivity contribution in [2.45, 2.75) is 39.7 Å². The molecule has 0 amide bonds. The molecule has 28 heavy (non-hydrogen) atoms. The van der Waals surface area contributed by atoms with Crippen LogP contribution in [0.15, 0.2) is 29.1 Å². The van der Waals surface area contributed by atoms with Gasteiger partial charge in [0.25, 0.3) is 5.56 Å². The van der Waals surface area contributed by atoms with Crippen LogP contribution in [0.25, 0.3) is 10.2 Å². The number of aromatic nitrogens is 2. The summed E-state index contributed by atoms with van der Waals surface area (Å²) in [4.78, 5) is 41.1. The average Bonchev–Trinajstić information content (AvgIpc) is 2.95. The van der Waals surface area contributed by atoms with E-state index in [0.717, 1.165) is 22.5 Å². The largest absolute Gasteiger partial charge is 0.480 e. The number of carbonyl (C=O) groups is 2. The van der Waals surface area contributed by atoms with Gasteiger partial charge in [0.15, 0.2) is 0 Å². The second kappa shape index (κ2) is 7.55. The Morgan fingerprint density at radius 2 is 1.79 bits per heavy atom. The van der Waals surface area contributed by atoms with Crippen molar-refractivity contribution in [3.05, 3.63) is 62.0 Å². The van der Waals surface area contributed by atoms with Gasteiger partial charge >= 0.3 is 11.9 Å². The number of aromatic carboxylic acids is 1. The molecule has 2 heterocycles. The number of aliphatic carboxylic acids is 1. The van der Waals surface area contributed by atoms with E-state index in [9.17, 15) is 24.6 Å². The van der Waals surface area contributed by atoms with Gasteiger partial charge in [-0.3, -0.25) is 9.36 Å². The van der Waals surface area contributed by atoms with Gasteiger partial charge in [-0.25, -0.2) is 14.6 Å². The number of hydrogen-bond donors (Lipinski definition) is 2. The van der Waals surface area contributed by atoms with Gasteiger partial charge in [0.1, 0.15) is 21.6 Å². The number of thiophene rings is 1. The minimum atomic E-state index is -1.13. The maximum absolute atomic E-state index is 13.1. The zero-order valence-corrected chi connectivity index (χ0v) is 16.5. The Labute approximate surface area is 164 Å². The Hall–Kier alpha value is -3.00. The molecule has 0 saturated carbocycles. The molecule has 1 atom stereocenters. The van der Waals surface area contributed by atoms with Crippen molar-refractivity contribution in [2.75, 3.05) is 0 Å². The molecule has 0 fully saturated rings. The first kappa shape index (κ1) is 19.8. The molecule has 2 N–H and O–H groups in total. The van der Waals surface area contributed by atoms with Crippen molar-refractivity contribution in [2.24, 2.45) is 0 Å². The monoisotopic (exact) mass is 400 g/mol. The first-order chi connectivity index (χ1) is 13.2. The smallest absolute Gasteiger partial charge is 0.346 e. The standard InChI is InChI=1S/C20H20N2O5S/c1-10-4-6-13(7-5-10)8-9-14(19(24)25)22-12(3)21-17-15(18(22)23)11(2)16(28-17)20(26)27/h4-7,14H,8-9H2,1-3H3,(H,24,25)(H,26,27). The minimum Gasteiger partial charge on any atom is -0.480 e. The number of nitrogens with zero attached hydrogens (tertiary/aromatic N) is 2. The van der Waals surface area contributed by atoms with E-state index in [0.29, 0.717) is 16.8 Å². The first-order valence-corrected chi connectivity index (χ1v) is 9.56. The number of rotatable bonds is 6. The highest BCUT2D eigenvalue weighted by Gasteiger charge is 2.26. The summed E-state index contributed by atoms with van der Waals surface area (Å²) in [5, 5.41) is 19.2. The van der Waals surface area contributed by atoms with Crippen molar-refractivity contribution in [1.82, 2.24) is 9.55 Å². The summed E-state index contributed by atoms with van der Waals surface area (Å²) in [7, 11) is 0. The summed E-state index contributed by atoms with van der Waals surface area (Å²) in [6.45, 7) is 5.09. The summed E-state index contributed by atoms with van der Waals surface area (Å²) >= 11 is 0.929. The zero-order valence-electron chi connectivity index (χ0n) is 15.7. The number of carboxylic acids is 2. The van der Waals surface area contributed by atoms with Gasteiger partial charge in [0.2, 0.25) is 0 Å². The van der Waals surface area contributed by atoms with Gasteiger partial charge in [-0.2, -0.15) is 0 Å². The highest BCUT2D eigenvalue weighted by Crippen LogP contribution is 2.28. The van der Waals surface area contributed by atoms with Gasteiger partial charge in [-0.15, -0.1) is 11.3 Å². The van der Waals surface area contributed by atoms with E-state index in [1.165, 1.54) is 4.57 Å². The number of aryl methyl sites for hydroxylation is 4. The molecule has 1 unspecified atom stereocenters. The summed E-state index contributed by atoms with van der Waals surface area (Å²) < 4.78 is 1.17. The average molecular weight is 400 g/mol. The summed E-state index contributed by atoms with van der Waals surface area (Å²) in [5.41, 5.74) is 1.90. The van der Waals surface area contributed by atoms with Crippen LogP contribution < -0.4 is 5.56 Å². The Kier molecular flexibility index (Phi) is 5.33. The Morgan fingerprint density at radius 3 is 2.36 bits per heavy atom. The van der Waals surface area contributed by atoms with E-state index in [4.69, 9.17) is 0 Å². The number of benzene rings is 1. The second-order valence-electron chi connectivity index (χ2n) is 6.75. The third kappa shape index (κ3) is 3.55. The van der Waals surface area contributed by atoms with Crippen LogP contribution in [0.2, 0.25) is 0 Å². The predicted octanol–water partition coefficient (Wildman–Crippen LogP) is 3.34. The van der Waals surface area contributed by atoms with Gasteiger partial charge in [0, 0.05) is 0 Å². The molecule has 0 saturated heterocycles. The Bertz CT molecular complexity index is 1130. The van der Waals surface area contributed by atoms with Crippen LogP contribution in [0.1, 0.15) is 44.6 Å². The van der Waals surface area contributed by atoms with Crippen molar-refractivity contribution < 1.29 is 19.8 Å². The molecule has 1 aromatic carbocycles. The fourth-order valence-corrected chi connectivity index (χ4v) is 4.35. The molecule has 146 valence electrons.